The Labute approximate surface area is 402 Å². The van der Waals surface area contributed by atoms with Crippen LogP contribution in [0.4, 0.5) is 34.1 Å². The molecule has 1 aromatic heterocycles. The van der Waals surface area contributed by atoms with Crippen LogP contribution in [-0.4, -0.2) is 0 Å². The van der Waals surface area contributed by atoms with Crippen molar-refractivity contribution in [1.29, 1.82) is 0 Å². The van der Waals surface area contributed by atoms with E-state index in [0.29, 0.717) is 0 Å². The Morgan fingerprint density at radius 3 is 1.21 bits per heavy atom. The normalized spacial score (nSPS) is 12.8. The first-order chi connectivity index (χ1) is 33.3. The Balaban J connectivity index is 1.19. The van der Waals surface area contributed by atoms with E-state index in [4.69, 9.17) is 0 Å². The third kappa shape index (κ3) is 6.09. The number of nitrogens with zero attached hydrogens (tertiary/aromatic N) is 2. The fraction of sp³-hybridized carbons (Fsp3) is 0.0769. The minimum Gasteiger partial charge on any atom is -0.310 e. The topological polar surface area (TPSA) is 6.48 Å². The smallest absolute Gasteiger partial charge is 0.0727 e. The van der Waals surface area contributed by atoms with Crippen LogP contribution in [0.3, 0.4) is 0 Å². The molecule has 0 fully saturated rings. The van der Waals surface area contributed by atoms with Gasteiger partial charge in [0.05, 0.1) is 5.41 Å². The van der Waals surface area contributed by atoms with Gasteiger partial charge in [0.1, 0.15) is 0 Å². The molecule has 3 heteroatoms. The second-order valence-electron chi connectivity index (χ2n) is 18.8. The molecule has 0 atom stereocenters. The van der Waals surface area contributed by atoms with Crippen LogP contribution in [0, 0.1) is 27.7 Å². The first kappa shape index (κ1) is 40.3. The van der Waals surface area contributed by atoms with E-state index in [1.54, 1.807) is 0 Å². The van der Waals surface area contributed by atoms with Gasteiger partial charge >= 0.3 is 0 Å². The van der Waals surface area contributed by atoms with E-state index >= 15 is 0 Å². The van der Waals surface area contributed by atoms with E-state index in [1.807, 2.05) is 11.3 Å². The molecule has 13 rings (SSSR count). The first-order valence-corrected chi connectivity index (χ1v) is 24.5. The van der Waals surface area contributed by atoms with Crippen LogP contribution >= 0.6 is 11.3 Å². The summed E-state index contributed by atoms with van der Waals surface area (Å²) < 4.78 is 2.65. The number of rotatable bonds is 6. The minimum absolute atomic E-state index is 0.732. The zero-order valence-corrected chi connectivity index (χ0v) is 39.4. The molecule has 2 aliphatic carbocycles. The van der Waals surface area contributed by atoms with Crippen LogP contribution in [0.5, 0.6) is 0 Å². The Hall–Kier alpha value is -7.98. The van der Waals surface area contributed by atoms with Crippen LogP contribution in [-0.2, 0) is 5.41 Å². The molecule has 68 heavy (non-hydrogen) atoms. The molecule has 0 bridgehead atoms. The molecular formula is C65H48N2S. The lowest BCUT2D eigenvalue weighted by Gasteiger charge is -2.37. The molecule has 1 spiro atoms. The Bertz CT molecular complexity index is 3510. The number of anilines is 6. The molecule has 10 aromatic carbocycles. The van der Waals surface area contributed by atoms with E-state index in [2.05, 4.69) is 256 Å². The van der Waals surface area contributed by atoms with Gasteiger partial charge in [0.25, 0.3) is 0 Å². The van der Waals surface area contributed by atoms with Crippen molar-refractivity contribution in [2.24, 2.45) is 0 Å². The van der Waals surface area contributed by atoms with Gasteiger partial charge in [-0.2, -0.15) is 0 Å². The molecule has 0 saturated heterocycles. The summed E-state index contributed by atoms with van der Waals surface area (Å²) in [5, 5.41) is 2.62. The van der Waals surface area contributed by atoms with Crippen molar-refractivity contribution in [1.82, 2.24) is 0 Å². The quantitative estimate of drug-likeness (QED) is 0.164. The van der Waals surface area contributed by atoms with Crippen molar-refractivity contribution in [2.45, 2.75) is 33.1 Å². The highest BCUT2D eigenvalue weighted by atomic mass is 32.1. The number of aryl methyl sites for hydroxylation is 4. The molecule has 324 valence electrons. The first-order valence-electron chi connectivity index (χ1n) is 23.7. The Morgan fingerprint density at radius 2 is 0.721 bits per heavy atom. The number of hydrogen-bond acceptors (Lipinski definition) is 3. The third-order valence-corrected chi connectivity index (χ3v) is 15.8. The van der Waals surface area contributed by atoms with Crippen molar-refractivity contribution < 1.29 is 0 Å². The lowest BCUT2D eigenvalue weighted by atomic mass is 9.65. The van der Waals surface area contributed by atoms with Gasteiger partial charge < -0.3 is 9.80 Å². The highest BCUT2D eigenvalue weighted by molar-refractivity contribution is 7.26. The molecular weight excluding hydrogens is 841 g/mol. The largest absolute Gasteiger partial charge is 0.310 e. The maximum Gasteiger partial charge on any atom is 0.0727 e. The van der Waals surface area contributed by atoms with E-state index in [0.717, 1.165) is 34.1 Å². The summed E-state index contributed by atoms with van der Waals surface area (Å²) >= 11 is 1.93. The second kappa shape index (κ2) is 15.6. The Morgan fingerprint density at radius 1 is 0.309 bits per heavy atom. The molecule has 0 radical (unpaired) electrons. The zero-order chi connectivity index (χ0) is 45.7. The van der Waals surface area contributed by atoms with E-state index in [9.17, 15) is 0 Å². The molecule has 0 unspecified atom stereocenters. The number of benzene rings is 10. The molecule has 0 saturated carbocycles. The molecule has 0 N–H and O–H groups in total. The second-order valence-corrected chi connectivity index (χ2v) is 19.8. The van der Waals surface area contributed by atoms with Crippen molar-refractivity contribution in [3.05, 3.63) is 263 Å². The lowest BCUT2D eigenvalue weighted by molar-refractivity contribution is 0.776. The number of fused-ring (bicyclic) bond motifs is 16. The van der Waals surface area contributed by atoms with Gasteiger partial charge in [-0.1, -0.05) is 162 Å². The van der Waals surface area contributed by atoms with Crippen molar-refractivity contribution in [3.8, 4) is 33.4 Å². The van der Waals surface area contributed by atoms with Gasteiger partial charge in [-0.25, -0.2) is 0 Å². The number of hydrogen-bond donors (Lipinski definition) is 0. The molecule has 2 nitrogen and oxygen atoms in total. The predicted molar refractivity (Wildman–Crippen MR) is 289 cm³/mol. The lowest BCUT2D eigenvalue weighted by Crippen LogP contribution is -2.30. The standard InChI is InChI=1S/C65H48N2S/c1-41-17-25-45(26-18-41)66(46-27-19-42(2)20-28-46)49-33-35-53-51-11-5-6-12-52(51)54-36-34-50(67(47-29-21-43(3)22-30-47)48-31-23-44(4)24-32-48)40-61(54)65(60(53)39-49)58-15-9-7-14-57(58)63-59(65)38-37-56-55-13-8-10-16-62(55)68-64(56)63/h5-40H,1-4H3. The monoisotopic (exact) mass is 888 g/mol. The molecule has 0 amide bonds. The van der Waals surface area contributed by atoms with Gasteiger partial charge in [-0.3, -0.25) is 0 Å². The maximum atomic E-state index is 2.53. The average Bonchev–Trinajstić information content (AvgIpc) is 3.87. The minimum atomic E-state index is -0.732. The average molecular weight is 889 g/mol. The van der Waals surface area contributed by atoms with Crippen molar-refractivity contribution in [2.75, 3.05) is 9.80 Å². The molecule has 2 aliphatic rings. The summed E-state index contributed by atoms with van der Waals surface area (Å²) in [6, 6.07) is 82.7. The predicted octanol–water partition coefficient (Wildman–Crippen LogP) is 18.2. The summed E-state index contributed by atoms with van der Waals surface area (Å²) in [6.45, 7) is 8.65. The van der Waals surface area contributed by atoms with Gasteiger partial charge in [0.15, 0.2) is 0 Å². The highest BCUT2D eigenvalue weighted by Gasteiger charge is 2.51. The summed E-state index contributed by atoms with van der Waals surface area (Å²) in [4.78, 5) is 4.88. The third-order valence-electron chi connectivity index (χ3n) is 14.6. The fourth-order valence-corrected chi connectivity index (χ4v) is 12.6. The zero-order valence-electron chi connectivity index (χ0n) is 38.6. The summed E-state index contributed by atoms with van der Waals surface area (Å²) in [5.74, 6) is 0. The van der Waals surface area contributed by atoms with E-state index < -0.39 is 5.41 Å². The fourth-order valence-electron chi connectivity index (χ4n) is 11.3. The van der Waals surface area contributed by atoms with Crippen LogP contribution in [0.2, 0.25) is 0 Å². The van der Waals surface area contributed by atoms with Crippen LogP contribution in [0.25, 0.3) is 53.6 Å². The van der Waals surface area contributed by atoms with Crippen LogP contribution in [0.15, 0.2) is 218 Å². The van der Waals surface area contributed by atoms with E-state index in [1.165, 1.54) is 98.1 Å². The molecule has 0 aliphatic heterocycles. The van der Waals surface area contributed by atoms with Crippen molar-refractivity contribution >= 4 is 65.6 Å². The molecule has 11 aromatic rings. The summed E-state index contributed by atoms with van der Waals surface area (Å²) in [5.41, 5.74) is 23.7. The van der Waals surface area contributed by atoms with Gasteiger partial charge in [-0.15, -0.1) is 11.3 Å². The van der Waals surface area contributed by atoms with Crippen LogP contribution in [0.1, 0.15) is 44.5 Å². The molecule has 1 heterocycles. The van der Waals surface area contributed by atoms with Crippen molar-refractivity contribution in [3.63, 3.8) is 0 Å². The maximum absolute atomic E-state index is 2.53. The van der Waals surface area contributed by atoms with Gasteiger partial charge in [-0.05, 0) is 157 Å². The summed E-state index contributed by atoms with van der Waals surface area (Å²) in [6.07, 6.45) is 0. The Kier molecular flexibility index (Phi) is 9.22. The van der Waals surface area contributed by atoms with E-state index in [-0.39, 0.29) is 0 Å². The number of thiophene rings is 1. The van der Waals surface area contributed by atoms with Gasteiger partial charge in [0.2, 0.25) is 0 Å². The van der Waals surface area contributed by atoms with Crippen LogP contribution < -0.4 is 9.80 Å². The van der Waals surface area contributed by atoms with Gasteiger partial charge in [0, 0.05) is 59.9 Å². The SMILES string of the molecule is Cc1ccc(N(c2ccc(C)cc2)c2ccc3c(c2)C2(c4cc(N(c5ccc(C)cc5)c5ccc(C)cc5)ccc4-c4ccccc4-3)c3ccccc3-c3c2ccc2c3sc3ccccc32)cc1. The highest BCUT2D eigenvalue weighted by Crippen LogP contribution is 2.64. The summed E-state index contributed by atoms with van der Waals surface area (Å²) in [7, 11) is 0.